The summed E-state index contributed by atoms with van der Waals surface area (Å²) in [6.07, 6.45) is -0.168. The van der Waals surface area contributed by atoms with Crippen LogP contribution in [0.1, 0.15) is 26.7 Å². The number of aliphatic carboxylic acids is 1. The highest BCUT2D eigenvalue weighted by atomic mass is 79.9. The molecule has 2 atom stereocenters. The van der Waals surface area contributed by atoms with E-state index >= 15 is 0 Å². The van der Waals surface area contributed by atoms with Crippen LogP contribution in [0.15, 0.2) is 34.0 Å². The first-order valence-electron chi connectivity index (χ1n) is 10.3. The molecule has 0 spiro atoms. The van der Waals surface area contributed by atoms with Gasteiger partial charge in [0.2, 0.25) is 11.9 Å². The van der Waals surface area contributed by atoms with E-state index in [0.717, 1.165) is 0 Å². The molecule has 34 heavy (non-hydrogen) atoms. The van der Waals surface area contributed by atoms with Gasteiger partial charge in [-0.3, -0.25) is 24.5 Å². The zero-order valence-electron chi connectivity index (χ0n) is 18.4. The molecule has 0 saturated carbocycles. The predicted octanol–water partition coefficient (Wildman–Crippen LogP) is 1.41. The third kappa shape index (κ3) is 5.84. The minimum atomic E-state index is -1.38. The van der Waals surface area contributed by atoms with Crippen molar-refractivity contribution < 1.29 is 33.8 Å². The fourth-order valence-corrected chi connectivity index (χ4v) is 3.63. The number of carbonyl (C=O) groups excluding carboxylic acids is 3. The maximum Gasteiger partial charge on any atom is 0.347 e. The average Bonchev–Trinajstić information content (AvgIpc) is 3.33. The number of fused-ring (bicyclic) bond motifs is 1. The molecule has 12 nitrogen and oxygen atoms in total. The van der Waals surface area contributed by atoms with Crippen molar-refractivity contribution in [3.05, 3.63) is 29.0 Å². The van der Waals surface area contributed by atoms with Gasteiger partial charge in [-0.1, -0.05) is 0 Å². The van der Waals surface area contributed by atoms with Crippen molar-refractivity contribution in [1.82, 2.24) is 15.3 Å². The Bertz CT molecular complexity index is 1160. The van der Waals surface area contributed by atoms with Crippen LogP contribution in [0.2, 0.25) is 0 Å². The van der Waals surface area contributed by atoms with Crippen LogP contribution in [0.4, 0.5) is 5.69 Å². The molecular formula is C21H22BrN5O7. The van der Waals surface area contributed by atoms with E-state index in [9.17, 15) is 19.2 Å². The summed E-state index contributed by atoms with van der Waals surface area (Å²) in [5.41, 5.74) is 1.66. The molecule has 1 aliphatic rings. The number of aliphatic imine (C=N–C) groups is 1. The molecule has 2 aromatic rings. The number of amides is 1. The van der Waals surface area contributed by atoms with Gasteiger partial charge >= 0.3 is 17.9 Å². The Morgan fingerprint density at radius 2 is 1.85 bits per heavy atom. The smallest absolute Gasteiger partial charge is 0.347 e. The maximum atomic E-state index is 13.1. The van der Waals surface area contributed by atoms with Crippen LogP contribution < -0.4 is 10.2 Å². The van der Waals surface area contributed by atoms with Crippen molar-refractivity contribution in [2.75, 3.05) is 18.0 Å². The first kappa shape index (κ1) is 25.0. The number of hydrogen-bond donors (Lipinski definition) is 2. The summed E-state index contributed by atoms with van der Waals surface area (Å²) in [7, 11) is 0. The van der Waals surface area contributed by atoms with Crippen molar-refractivity contribution in [2.24, 2.45) is 4.99 Å². The van der Waals surface area contributed by atoms with Gasteiger partial charge in [-0.05, 0) is 41.9 Å². The van der Waals surface area contributed by atoms with Gasteiger partial charge in [-0.25, -0.2) is 14.5 Å². The Balaban J connectivity index is 1.69. The fourth-order valence-electron chi connectivity index (χ4n) is 3.01. The second-order valence-corrected chi connectivity index (χ2v) is 8.03. The van der Waals surface area contributed by atoms with E-state index in [2.05, 4.69) is 40.9 Å². The van der Waals surface area contributed by atoms with Crippen molar-refractivity contribution in [3.63, 3.8) is 0 Å². The van der Waals surface area contributed by atoms with E-state index in [1.807, 2.05) is 0 Å². The van der Waals surface area contributed by atoms with Crippen molar-refractivity contribution >= 4 is 62.4 Å². The summed E-state index contributed by atoms with van der Waals surface area (Å²) in [5.74, 6) is -3.25. The molecule has 180 valence electrons. The lowest BCUT2D eigenvalue weighted by molar-refractivity contribution is -0.175. The van der Waals surface area contributed by atoms with E-state index in [1.54, 1.807) is 18.3 Å². The molecule has 2 heterocycles. The number of halogens is 1. The standard InChI is InChI=1S/C21H22BrN5O7/c1-11(19(30)31)34-20(32)12(2)33-16(29)6-5-15(28)27(21-25-9-10-26-21)14-4-3-13-18(17(14)22)24-8-7-23-13/h3-4,7-8,11-12H,5-6,9-10H2,1-2H3,(H,25,26)(H,30,31)/t11-,12-/m0/s1. The van der Waals surface area contributed by atoms with Crippen LogP contribution in [0.3, 0.4) is 0 Å². The molecule has 0 unspecified atom stereocenters. The van der Waals surface area contributed by atoms with Gasteiger partial charge in [0.05, 0.1) is 28.6 Å². The van der Waals surface area contributed by atoms with Gasteiger partial charge < -0.3 is 19.9 Å². The number of aromatic nitrogens is 2. The highest BCUT2D eigenvalue weighted by molar-refractivity contribution is 9.10. The Morgan fingerprint density at radius 3 is 2.53 bits per heavy atom. The second kappa shape index (κ2) is 11.0. The third-order valence-corrected chi connectivity index (χ3v) is 5.52. The second-order valence-electron chi connectivity index (χ2n) is 7.23. The molecule has 1 aromatic heterocycles. The number of carboxylic acid groups (broad SMARTS) is 1. The lowest BCUT2D eigenvalue weighted by Crippen LogP contribution is -2.43. The molecular weight excluding hydrogens is 514 g/mol. The molecule has 0 fully saturated rings. The minimum absolute atomic E-state index is 0.238. The number of ether oxygens (including phenoxy) is 2. The van der Waals surface area contributed by atoms with Crippen molar-refractivity contribution in [3.8, 4) is 0 Å². The van der Waals surface area contributed by atoms with E-state index < -0.39 is 36.0 Å². The van der Waals surface area contributed by atoms with Crippen LogP contribution in [-0.2, 0) is 28.7 Å². The average molecular weight is 536 g/mol. The molecule has 1 aromatic carbocycles. The van der Waals surface area contributed by atoms with E-state index in [4.69, 9.17) is 9.84 Å². The van der Waals surface area contributed by atoms with Gasteiger partial charge in [-0.2, -0.15) is 0 Å². The molecule has 2 N–H and O–H groups in total. The zero-order valence-corrected chi connectivity index (χ0v) is 19.9. The van der Waals surface area contributed by atoms with E-state index in [0.29, 0.717) is 40.2 Å². The lowest BCUT2D eigenvalue weighted by Gasteiger charge is -2.24. The van der Waals surface area contributed by atoms with Crippen molar-refractivity contribution in [2.45, 2.75) is 38.9 Å². The van der Waals surface area contributed by atoms with Gasteiger partial charge in [-0.15, -0.1) is 0 Å². The normalized spacial score (nSPS) is 14.5. The summed E-state index contributed by atoms with van der Waals surface area (Å²) in [6.45, 7) is 3.48. The molecule has 1 aliphatic heterocycles. The van der Waals surface area contributed by atoms with Gasteiger partial charge in [0, 0.05) is 25.4 Å². The summed E-state index contributed by atoms with van der Waals surface area (Å²) in [4.78, 5) is 62.2. The molecule has 3 rings (SSSR count). The van der Waals surface area contributed by atoms with E-state index in [1.165, 1.54) is 24.9 Å². The fraction of sp³-hybridized carbons (Fsp3) is 0.381. The predicted molar refractivity (Wildman–Crippen MR) is 123 cm³/mol. The Labute approximate surface area is 202 Å². The number of carboxylic acids is 1. The van der Waals surface area contributed by atoms with Gasteiger partial charge in [0.1, 0.15) is 5.52 Å². The Hall–Kier alpha value is -3.61. The van der Waals surface area contributed by atoms with Gasteiger partial charge in [0.15, 0.2) is 12.2 Å². The summed E-state index contributed by atoms with van der Waals surface area (Å²) in [6, 6.07) is 3.42. The molecule has 0 saturated heterocycles. The first-order valence-corrected chi connectivity index (χ1v) is 11.1. The minimum Gasteiger partial charge on any atom is -0.479 e. The number of guanidine groups is 1. The molecule has 0 aliphatic carbocycles. The molecule has 0 bridgehead atoms. The summed E-state index contributed by atoms with van der Waals surface area (Å²) in [5, 5.41) is 11.8. The topological polar surface area (TPSA) is 160 Å². The molecule has 13 heteroatoms. The quantitative estimate of drug-likeness (QED) is 0.472. The number of anilines is 1. The maximum absolute atomic E-state index is 13.1. The largest absolute Gasteiger partial charge is 0.479 e. The number of esters is 2. The SMILES string of the molecule is C[C@H](OC(=O)[C@H](C)OC(=O)CCC(=O)N(C1=NCCN1)c1ccc2nccnc2c1Br)C(=O)O. The number of benzene rings is 1. The molecule has 1 amide bonds. The van der Waals surface area contributed by atoms with Crippen LogP contribution >= 0.6 is 15.9 Å². The number of nitrogens with one attached hydrogen (secondary N) is 1. The lowest BCUT2D eigenvalue weighted by atomic mass is 10.2. The van der Waals surface area contributed by atoms with Crippen LogP contribution in [0, 0.1) is 0 Å². The Morgan fingerprint density at radius 1 is 1.12 bits per heavy atom. The first-order chi connectivity index (χ1) is 16.2. The monoisotopic (exact) mass is 535 g/mol. The highest BCUT2D eigenvalue weighted by Gasteiger charge is 2.28. The number of nitrogens with zero attached hydrogens (tertiary/aromatic N) is 4. The summed E-state index contributed by atoms with van der Waals surface area (Å²) < 4.78 is 10.2. The Kier molecular flexibility index (Phi) is 8.10. The van der Waals surface area contributed by atoms with Crippen molar-refractivity contribution in [1.29, 1.82) is 0 Å². The third-order valence-electron chi connectivity index (χ3n) is 4.74. The number of carbonyl (C=O) groups is 4. The van der Waals surface area contributed by atoms with Gasteiger partial charge in [0.25, 0.3) is 0 Å². The van der Waals surface area contributed by atoms with Crippen LogP contribution in [0.5, 0.6) is 0 Å². The number of rotatable bonds is 8. The van der Waals surface area contributed by atoms with Crippen LogP contribution in [0.25, 0.3) is 11.0 Å². The van der Waals surface area contributed by atoms with Crippen LogP contribution in [-0.4, -0.2) is 70.1 Å². The highest BCUT2D eigenvalue weighted by Crippen LogP contribution is 2.33. The van der Waals surface area contributed by atoms with E-state index in [-0.39, 0.29) is 12.8 Å². The zero-order chi connectivity index (χ0) is 24.8. The molecule has 0 radical (unpaired) electrons. The number of hydrogen-bond acceptors (Lipinski definition) is 10. The summed E-state index contributed by atoms with van der Waals surface area (Å²) >= 11 is 3.49.